The zero-order valence-corrected chi connectivity index (χ0v) is 17.2. The molecule has 0 radical (unpaired) electrons. The molecule has 1 fully saturated rings. The van der Waals surface area contributed by atoms with Crippen molar-refractivity contribution in [3.8, 4) is 0 Å². The van der Waals surface area contributed by atoms with Crippen molar-refractivity contribution in [3.63, 3.8) is 0 Å². The van der Waals surface area contributed by atoms with Crippen molar-refractivity contribution in [1.29, 1.82) is 0 Å². The van der Waals surface area contributed by atoms with Gasteiger partial charge in [-0.15, -0.1) is 0 Å². The maximum Gasteiger partial charge on any atom is 0.249 e. The van der Waals surface area contributed by atoms with Crippen molar-refractivity contribution >= 4 is 11.8 Å². The molecule has 0 spiro atoms. The van der Waals surface area contributed by atoms with Crippen molar-refractivity contribution in [2.75, 3.05) is 19.7 Å². The zero-order chi connectivity index (χ0) is 20.8. The SMILES string of the molecule is CC1(C)OCC(C)(C)[C@H](C(=O)NCCC(O)C(=O)NCCc2ccccc2)O1. The Labute approximate surface area is 166 Å². The van der Waals surface area contributed by atoms with E-state index in [4.69, 9.17) is 9.47 Å². The summed E-state index contributed by atoms with van der Waals surface area (Å²) in [5.74, 6) is -1.53. The Morgan fingerprint density at radius 1 is 1.14 bits per heavy atom. The standard InChI is InChI=1S/C21H32N2O5/c1-20(2)14-27-21(3,4)28-17(20)19(26)23-13-11-16(24)18(25)22-12-10-15-8-6-5-7-9-15/h5-9,16-17,24H,10-14H2,1-4H3,(H,22,25)(H,23,26)/t16?,17-/m0/s1. The molecular formula is C21H32N2O5. The van der Waals surface area contributed by atoms with Gasteiger partial charge in [0.05, 0.1) is 6.61 Å². The van der Waals surface area contributed by atoms with Crippen molar-refractivity contribution in [2.45, 2.75) is 58.5 Å². The van der Waals surface area contributed by atoms with Crippen LogP contribution in [0, 0.1) is 5.41 Å². The van der Waals surface area contributed by atoms with E-state index in [0.717, 1.165) is 5.56 Å². The minimum atomic E-state index is -1.17. The molecule has 2 atom stereocenters. The number of hydrogen-bond donors (Lipinski definition) is 3. The number of carbonyl (C=O) groups is 2. The third-order valence-corrected chi connectivity index (χ3v) is 4.72. The van der Waals surface area contributed by atoms with Crippen LogP contribution in [-0.2, 0) is 25.5 Å². The van der Waals surface area contributed by atoms with Crippen molar-refractivity contribution in [1.82, 2.24) is 10.6 Å². The summed E-state index contributed by atoms with van der Waals surface area (Å²) in [6.45, 7) is 8.39. The smallest absolute Gasteiger partial charge is 0.249 e. The third-order valence-electron chi connectivity index (χ3n) is 4.72. The van der Waals surface area contributed by atoms with Gasteiger partial charge in [0.2, 0.25) is 11.8 Å². The van der Waals surface area contributed by atoms with Crippen LogP contribution in [-0.4, -0.2) is 54.6 Å². The van der Waals surface area contributed by atoms with Gasteiger partial charge in [-0.2, -0.15) is 0 Å². The Morgan fingerprint density at radius 2 is 1.82 bits per heavy atom. The lowest BCUT2D eigenvalue weighted by Crippen LogP contribution is -2.56. The van der Waals surface area contributed by atoms with E-state index in [-0.39, 0.29) is 18.9 Å². The van der Waals surface area contributed by atoms with Crippen LogP contribution in [0.3, 0.4) is 0 Å². The van der Waals surface area contributed by atoms with Gasteiger partial charge in [-0.25, -0.2) is 0 Å². The van der Waals surface area contributed by atoms with Crippen LogP contribution in [0.4, 0.5) is 0 Å². The van der Waals surface area contributed by atoms with Crippen molar-refractivity contribution in [2.24, 2.45) is 5.41 Å². The first-order valence-electron chi connectivity index (χ1n) is 9.70. The molecule has 2 rings (SSSR count). The molecule has 1 aliphatic rings. The minimum Gasteiger partial charge on any atom is -0.383 e. The summed E-state index contributed by atoms with van der Waals surface area (Å²) in [6, 6.07) is 9.80. The highest BCUT2D eigenvalue weighted by atomic mass is 16.7. The summed E-state index contributed by atoms with van der Waals surface area (Å²) in [5.41, 5.74) is 0.652. The number of aliphatic hydroxyl groups excluding tert-OH is 1. The van der Waals surface area contributed by atoms with E-state index >= 15 is 0 Å². The van der Waals surface area contributed by atoms with E-state index < -0.39 is 29.3 Å². The Bertz CT molecular complexity index is 660. The number of aliphatic hydroxyl groups is 1. The van der Waals surface area contributed by atoms with E-state index in [9.17, 15) is 14.7 Å². The molecule has 2 amide bonds. The van der Waals surface area contributed by atoms with Gasteiger partial charge in [0, 0.05) is 18.5 Å². The predicted octanol–water partition coefficient (Wildman–Crippen LogP) is 1.39. The van der Waals surface area contributed by atoms with Crippen LogP contribution in [0.15, 0.2) is 30.3 Å². The van der Waals surface area contributed by atoms with E-state index in [0.29, 0.717) is 19.6 Å². The van der Waals surface area contributed by atoms with E-state index in [1.54, 1.807) is 13.8 Å². The van der Waals surface area contributed by atoms with Crippen LogP contribution >= 0.6 is 0 Å². The fraction of sp³-hybridized carbons (Fsp3) is 0.619. The van der Waals surface area contributed by atoms with Crippen LogP contribution in [0.2, 0.25) is 0 Å². The Morgan fingerprint density at radius 3 is 2.50 bits per heavy atom. The average molecular weight is 392 g/mol. The van der Waals surface area contributed by atoms with Crippen LogP contribution < -0.4 is 10.6 Å². The molecule has 7 heteroatoms. The maximum absolute atomic E-state index is 12.5. The Balaban J connectivity index is 1.71. The van der Waals surface area contributed by atoms with Gasteiger partial charge >= 0.3 is 0 Å². The van der Waals surface area contributed by atoms with Gasteiger partial charge in [0.1, 0.15) is 12.2 Å². The van der Waals surface area contributed by atoms with Gasteiger partial charge in [-0.05, 0) is 32.3 Å². The van der Waals surface area contributed by atoms with Crippen molar-refractivity contribution < 1.29 is 24.2 Å². The second kappa shape index (κ2) is 9.49. The first kappa shape index (κ1) is 22.3. The number of amides is 2. The maximum atomic E-state index is 12.5. The summed E-state index contributed by atoms with van der Waals surface area (Å²) in [7, 11) is 0. The van der Waals surface area contributed by atoms with Gasteiger partial charge in [-0.1, -0.05) is 44.2 Å². The molecule has 1 unspecified atom stereocenters. The first-order valence-corrected chi connectivity index (χ1v) is 9.70. The molecule has 0 aliphatic carbocycles. The normalized spacial score (nSPS) is 21.5. The molecule has 0 saturated carbocycles. The molecule has 1 saturated heterocycles. The summed E-state index contributed by atoms with van der Waals surface area (Å²) in [6.07, 6.45) is -0.998. The predicted molar refractivity (Wildman–Crippen MR) is 105 cm³/mol. The average Bonchev–Trinajstić information content (AvgIpc) is 2.64. The van der Waals surface area contributed by atoms with Gasteiger partial charge in [0.25, 0.3) is 0 Å². The highest BCUT2D eigenvalue weighted by Crippen LogP contribution is 2.34. The molecular weight excluding hydrogens is 360 g/mol. The lowest BCUT2D eigenvalue weighted by atomic mass is 9.85. The monoisotopic (exact) mass is 392 g/mol. The molecule has 28 heavy (non-hydrogen) atoms. The van der Waals surface area contributed by atoms with Crippen molar-refractivity contribution in [3.05, 3.63) is 35.9 Å². The number of rotatable bonds is 8. The number of benzene rings is 1. The lowest BCUT2D eigenvalue weighted by molar-refractivity contribution is -0.304. The highest BCUT2D eigenvalue weighted by Gasteiger charge is 2.45. The largest absolute Gasteiger partial charge is 0.383 e. The molecule has 0 bridgehead atoms. The highest BCUT2D eigenvalue weighted by molar-refractivity contribution is 5.82. The number of nitrogens with one attached hydrogen (secondary N) is 2. The summed E-state index contributed by atoms with van der Waals surface area (Å²) in [5, 5.41) is 15.5. The van der Waals surface area contributed by atoms with Crippen LogP contribution in [0.5, 0.6) is 0 Å². The van der Waals surface area contributed by atoms with Crippen LogP contribution in [0.25, 0.3) is 0 Å². The van der Waals surface area contributed by atoms with E-state index in [2.05, 4.69) is 10.6 Å². The molecule has 7 nitrogen and oxygen atoms in total. The van der Waals surface area contributed by atoms with Gasteiger partial charge < -0.3 is 25.2 Å². The van der Waals surface area contributed by atoms with Gasteiger partial charge in [-0.3, -0.25) is 9.59 Å². The molecule has 3 N–H and O–H groups in total. The van der Waals surface area contributed by atoms with E-state index in [1.807, 2.05) is 44.2 Å². The zero-order valence-electron chi connectivity index (χ0n) is 17.2. The number of ether oxygens (including phenoxy) is 2. The summed E-state index contributed by atoms with van der Waals surface area (Å²) in [4.78, 5) is 24.5. The number of carbonyl (C=O) groups excluding carboxylic acids is 2. The minimum absolute atomic E-state index is 0.135. The quantitative estimate of drug-likeness (QED) is 0.621. The topological polar surface area (TPSA) is 96.9 Å². The molecule has 1 aliphatic heterocycles. The lowest BCUT2D eigenvalue weighted by Gasteiger charge is -2.44. The van der Waals surface area contributed by atoms with Crippen LogP contribution in [0.1, 0.15) is 39.7 Å². The number of hydrogen-bond acceptors (Lipinski definition) is 5. The molecule has 156 valence electrons. The Hall–Kier alpha value is -1.96. The fourth-order valence-corrected chi connectivity index (χ4v) is 2.97. The Kier molecular flexibility index (Phi) is 7.57. The molecule has 1 aromatic rings. The second-order valence-corrected chi connectivity index (χ2v) is 8.30. The summed E-state index contributed by atoms with van der Waals surface area (Å²) < 4.78 is 11.4. The van der Waals surface area contributed by atoms with E-state index in [1.165, 1.54) is 0 Å². The summed E-state index contributed by atoms with van der Waals surface area (Å²) >= 11 is 0. The second-order valence-electron chi connectivity index (χ2n) is 8.30. The molecule has 0 aromatic heterocycles. The van der Waals surface area contributed by atoms with Gasteiger partial charge in [0.15, 0.2) is 5.79 Å². The molecule has 1 heterocycles. The fourth-order valence-electron chi connectivity index (χ4n) is 2.97. The molecule has 1 aromatic carbocycles. The third kappa shape index (κ3) is 6.58. The first-order chi connectivity index (χ1) is 13.1.